The highest BCUT2D eigenvalue weighted by Crippen LogP contribution is 2.16. The summed E-state index contributed by atoms with van der Waals surface area (Å²) in [4.78, 5) is 4.38. The number of aryl methyl sites for hydroxylation is 1. The Morgan fingerprint density at radius 2 is 1.90 bits per heavy atom. The lowest BCUT2D eigenvalue weighted by atomic mass is 10.1. The maximum absolute atomic E-state index is 4.38. The number of imidazole rings is 1. The average Bonchev–Trinajstić information content (AvgIpc) is 2.87. The summed E-state index contributed by atoms with van der Waals surface area (Å²) in [5.41, 5.74) is 3.60. The Morgan fingerprint density at radius 3 is 2.70 bits per heavy atom. The lowest BCUT2D eigenvalue weighted by Gasteiger charge is -2.10. The standard InChI is InChI=1S/C17H17N3/c1-14-6-5-7-15(12-14)13-20-11-10-18-17(20)19-16-8-3-2-4-9-16/h2-12H,13H2,1H3,(H,18,19). The van der Waals surface area contributed by atoms with Gasteiger partial charge in [0.1, 0.15) is 0 Å². The Balaban J connectivity index is 1.80. The van der Waals surface area contributed by atoms with Crippen LogP contribution in [0.1, 0.15) is 11.1 Å². The molecule has 3 heteroatoms. The zero-order valence-electron chi connectivity index (χ0n) is 11.5. The number of hydrogen-bond acceptors (Lipinski definition) is 2. The molecule has 0 fully saturated rings. The van der Waals surface area contributed by atoms with Crippen molar-refractivity contribution in [3.8, 4) is 0 Å². The van der Waals surface area contributed by atoms with Crippen molar-refractivity contribution in [3.63, 3.8) is 0 Å². The molecule has 20 heavy (non-hydrogen) atoms. The third-order valence-electron chi connectivity index (χ3n) is 3.18. The van der Waals surface area contributed by atoms with Gasteiger partial charge in [-0.2, -0.15) is 0 Å². The summed E-state index contributed by atoms with van der Waals surface area (Å²) >= 11 is 0. The first kappa shape index (κ1) is 12.5. The van der Waals surface area contributed by atoms with Crippen molar-refractivity contribution in [2.24, 2.45) is 0 Å². The first-order chi connectivity index (χ1) is 9.81. The average molecular weight is 263 g/mol. The monoisotopic (exact) mass is 263 g/mol. The fraction of sp³-hybridized carbons (Fsp3) is 0.118. The Hall–Kier alpha value is -2.55. The maximum Gasteiger partial charge on any atom is 0.207 e. The minimum atomic E-state index is 0.816. The maximum atomic E-state index is 4.38. The zero-order valence-corrected chi connectivity index (χ0v) is 11.5. The van der Waals surface area contributed by atoms with Crippen LogP contribution < -0.4 is 5.32 Å². The summed E-state index contributed by atoms with van der Waals surface area (Å²) in [6, 6.07) is 18.6. The van der Waals surface area contributed by atoms with Gasteiger partial charge in [0.25, 0.3) is 0 Å². The van der Waals surface area contributed by atoms with Crippen LogP contribution >= 0.6 is 0 Å². The van der Waals surface area contributed by atoms with E-state index in [2.05, 4.69) is 46.1 Å². The van der Waals surface area contributed by atoms with E-state index in [0.29, 0.717) is 0 Å². The van der Waals surface area contributed by atoms with Crippen molar-refractivity contribution in [1.29, 1.82) is 0 Å². The van der Waals surface area contributed by atoms with E-state index in [1.807, 2.05) is 42.7 Å². The van der Waals surface area contributed by atoms with Gasteiger partial charge in [-0.3, -0.25) is 0 Å². The summed E-state index contributed by atoms with van der Waals surface area (Å²) in [5, 5.41) is 3.34. The van der Waals surface area contributed by atoms with E-state index in [9.17, 15) is 0 Å². The Bertz CT molecular complexity index is 686. The van der Waals surface area contributed by atoms with E-state index in [-0.39, 0.29) is 0 Å². The summed E-state index contributed by atoms with van der Waals surface area (Å²) in [6.07, 6.45) is 3.81. The van der Waals surface area contributed by atoms with Gasteiger partial charge in [-0.1, -0.05) is 48.0 Å². The van der Waals surface area contributed by atoms with Crippen LogP contribution in [0.3, 0.4) is 0 Å². The van der Waals surface area contributed by atoms with Gasteiger partial charge in [-0.25, -0.2) is 4.98 Å². The molecule has 1 aromatic heterocycles. The first-order valence-electron chi connectivity index (χ1n) is 6.70. The van der Waals surface area contributed by atoms with Gasteiger partial charge >= 0.3 is 0 Å². The van der Waals surface area contributed by atoms with Crippen molar-refractivity contribution < 1.29 is 0 Å². The first-order valence-corrected chi connectivity index (χ1v) is 6.70. The fourth-order valence-electron chi connectivity index (χ4n) is 2.22. The molecule has 0 amide bonds. The van der Waals surface area contributed by atoms with Gasteiger partial charge in [0.2, 0.25) is 5.95 Å². The van der Waals surface area contributed by atoms with Crippen LogP contribution in [0.15, 0.2) is 67.0 Å². The van der Waals surface area contributed by atoms with E-state index >= 15 is 0 Å². The number of rotatable bonds is 4. The number of benzene rings is 2. The minimum absolute atomic E-state index is 0.816. The summed E-state index contributed by atoms with van der Waals surface area (Å²) < 4.78 is 2.11. The molecular formula is C17H17N3. The number of anilines is 2. The molecule has 0 saturated heterocycles. The quantitative estimate of drug-likeness (QED) is 0.771. The Labute approximate surface area is 118 Å². The Morgan fingerprint density at radius 1 is 1.05 bits per heavy atom. The van der Waals surface area contributed by atoms with Gasteiger partial charge in [0.15, 0.2) is 0 Å². The van der Waals surface area contributed by atoms with Crippen molar-refractivity contribution in [1.82, 2.24) is 9.55 Å². The minimum Gasteiger partial charge on any atom is -0.326 e. The van der Waals surface area contributed by atoms with Crippen molar-refractivity contribution >= 4 is 11.6 Å². The third kappa shape index (κ3) is 2.88. The number of nitrogens with one attached hydrogen (secondary N) is 1. The largest absolute Gasteiger partial charge is 0.326 e. The molecule has 100 valence electrons. The van der Waals surface area contributed by atoms with Crippen molar-refractivity contribution in [2.45, 2.75) is 13.5 Å². The number of para-hydroxylation sites is 1. The number of hydrogen-bond donors (Lipinski definition) is 1. The highest BCUT2D eigenvalue weighted by Gasteiger charge is 2.03. The normalized spacial score (nSPS) is 10.4. The third-order valence-corrected chi connectivity index (χ3v) is 3.18. The second kappa shape index (κ2) is 5.61. The van der Waals surface area contributed by atoms with Gasteiger partial charge < -0.3 is 9.88 Å². The second-order valence-electron chi connectivity index (χ2n) is 4.86. The predicted octanol–water partition coefficient (Wildman–Crippen LogP) is 3.98. The number of nitrogens with zero attached hydrogens (tertiary/aromatic N) is 2. The molecule has 0 bridgehead atoms. The molecule has 0 aliphatic carbocycles. The molecular weight excluding hydrogens is 246 g/mol. The van der Waals surface area contributed by atoms with Crippen LogP contribution in [0, 0.1) is 6.92 Å². The van der Waals surface area contributed by atoms with Gasteiger partial charge in [-0.15, -0.1) is 0 Å². The van der Waals surface area contributed by atoms with Gasteiger partial charge in [0, 0.05) is 18.1 Å². The molecule has 0 aliphatic rings. The molecule has 0 aliphatic heterocycles. The molecule has 3 rings (SSSR count). The topological polar surface area (TPSA) is 29.9 Å². The molecule has 1 N–H and O–H groups in total. The van der Waals surface area contributed by atoms with Crippen molar-refractivity contribution in [2.75, 3.05) is 5.32 Å². The smallest absolute Gasteiger partial charge is 0.207 e. The van der Waals surface area contributed by atoms with Crippen LogP contribution in [0.25, 0.3) is 0 Å². The molecule has 0 unspecified atom stereocenters. The number of aromatic nitrogens is 2. The van der Waals surface area contributed by atoms with E-state index < -0.39 is 0 Å². The molecule has 1 heterocycles. The SMILES string of the molecule is Cc1cccc(Cn2ccnc2Nc2ccccc2)c1. The Kier molecular flexibility index (Phi) is 3.50. The van der Waals surface area contributed by atoms with Gasteiger partial charge in [-0.05, 0) is 24.6 Å². The molecule has 0 atom stereocenters. The summed E-state index contributed by atoms with van der Waals surface area (Å²) in [6.45, 7) is 2.93. The van der Waals surface area contributed by atoms with Crippen molar-refractivity contribution in [3.05, 3.63) is 78.1 Å². The molecule has 0 spiro atoms. The van der Waals surface area contributed by atoms with E-state index in [1.54, 1.807) is 0 Å². The molecule has 0 radical (unpaired) electrons. The molecule has 3 nitrogen and oxygen atoms in total. The fourth-order valence-corrected chi connectivity index (χ4v) is 2.22. The summed E-state index contributed by atoms with van der Waals surface area (Å²) in [7, 11) is 0. The van der Waals surface area contributed by atoms with Crippen LogP contribution in [-0.4, -0.2) is 9.55 Å². The van der Waals surface area contributed by atoms with Crippen LogP contribution in [0.5, 0.6) is 0 Å². The van der Waals surface area contributed by atoms with Crippen LogP contribution in [0.2, 0.25) is 0 Å². The van der Waals surface area contributed by atoms with Crippen LogP contribution in [-0.2, 0) is 6.54 Å². The second-order valence-corrected chi connectivity index (χ2v) is 4.86. The van der Waals surface area contributed by atoms with E-state index in [4.69, 9.17) is 0 Å². The zero-order chi connectivity index (χ0) is 13.8. The van der Waals surface area contributed by atoms with E-state index in [0.717, 1.165) is 18.2 Å². The lowest BCUT2D eigenvalue weighted by Crippen LogP contribution is -2.04. The lowest BCUT2D eigenvalue weighted by molar-refractivity contribution is 0.807. The highest BCUT2D eigenvalue weighted by atomic mass is 15.2. The van der Waals surface area contributed by atoms with Crippen LogP contribution in [0.4, 0.5) is 11.6 Å². The summed E-state index contributed by atoms with van der Waals surface area (Å²) in [5.74, 6) is 0.859. The molecule has 2 aromatic carbocycles. The highest BCUT2D eigenvalue weighted by molar-refractivity contribution is 5.53. The molecule has 3 aromatic rings. The molecule has 0 saturated carbocycles. The van der Waals surface area contributed by atoms with E-state index in [1.165, 1.54) is 11.1 Å². The predicted molar refractivity (Wildman–Crippen MR) is 82.2 cm³/mol. The van der Waals surface area contributed by atoms with Gasteiger partial charge in [0.05, 0.1) is 6.54 Å².